The molecule has 2 aromatic rings. The Hall–Kier alpha value is -2.01. The van der Waals surface area contributed by atoms with Gasteiger partial charge in [-0.3, -0.25) is 0 Å². The van der Waals surface area contributed by atoms with E-state index >= 15 is 0 Å². The van der Waals surface area contributed by atoms with Crippen molar-refractivity contribution in [2.45, 2.75) is 18.8 Å². The topological polar surface area (TPSA) is 70.5 Å². The van der Waals surface area contributed by atoms with Gasteiger partial charge < -0.3 is 19.7 Å². The van der Waals surface area contributed by atoms with Gasteiger partial charge in [-0.15, -0.1) is 0 Å². The molecule has 5 nitrogen and oxygen atoms in total. The van der Waals surface area contributed by atoms with E-state index in [1.165, 1.54) is 0 Å². The molecule has 1 aliphatic rings. The lowest BCUT2D eigenvalue weighted by atomic mass is 9.92. The molecule has 1 aromatic heterocycles. The Bertz CT molecular complexity index is 589. The molecule has 5 heteroatoms. The maximum Gasteiger partial charge on any atom is 0.230 e. The van der Waals surface area contributed by atoms with Crippen molar-refractivity contribution >= 4 is 5.88 Å². The zero-order valence-corrected chi connectivity index (χ0v) is 11.5. The first kappa shape index (κ1) is 13.0. The van der Waals surface area contributed by atoms with Crippen LogP contribution in [0.15, 0.2) is 28.8 Å². The van der Waals surface area contributed by atoms with E-state index in [2.05, 4.69) is 5.16 Å². The van der Waals surface area contributed by atoms with Gasteiger partial charge in [0.05, 0.1) is 25.0 Å². The summed E-state index contributed by atoms with van der Waals surface area (Å²) in [5, 5.41) is 4.16. The number of nitrogens with two attached hydrogens (primary N) is 1. The second-order valence-corrected chi connectivity index (χ2v) is 4.92. The number of rotatable bonds is 3. The normalized spacial score (nSPS) is 18.9. The Balaban J connectivity index is 2.06. The number of hydrogen-bond acceptors (Lipinski definition) is 5. The van der Waals surface area contributed by atoms with E-state index in [-0.39, 0.29) is 5.92 Å². The van der Waals surface area contributed by atoms with E-state index in [0.717, 1.165) is 42.0 Å². The highest BCUT2D eigenvalue weighted by Crippen LogP contribution is 2.40. The molecule has 1 unspecified atom stereocenters. The predicted molar refractivity (Wildman–Crippen MR) is 75.7 cm³/mol. The number of nitrogens with zero attached hydrogens (tertiary/aromatic N) is 1. The van der Waals surface area contributed by atoms with Crippen LogP contribution in [0.3, 0.4) is 0 Å². The maximum absolute atomic E-state index is 5.98. The summed E-state index contributed by atoms with van der Waals surface area (Å²) in [4.78, 5) is 0. The van der Waals surface area contributed by atoms with Crippen LogP contribution in [0.25, 0.3) is 11.1 Å². The number of aromatic nitrogens is 1. The first-order chi connectivity index (χ1) is 9.81. The fraction of sp³-hybridized carbons (Fsp3) is 0.400. The summed E-state index contributed by atoms with van der Waals surface area (Å²) < 4.78 is 16.2. The molecule has 0 saturated carbocycles. The van der Waals surface area contributed by atoms with Gasteiger partial charge in [0.1, 0.15) is 5.75 Å². The Morgan fingerprint density at radius 2 is 2.20 bits per heavy atom. The van der Waals surface area contributed by atoms with Crippen LogP contribution in [-0.2, 0) is 4.74 Å². The van der Waals surface area contributed by atoms with Crippen LogP contribution in [0.4, 0.5) is 5.88 Å². The molecule has 0 aliphatic carbocycles. The van der Waals surface area contributed by atoms with Crippen LogP contribution < -0.4 is 10.5 Å². The van der Waals surface area contributed by atoms with Crippen molar-refractivity contribution in [3.8, 4) is 16.9 Å². The molecule has 0 amide bonds. The second-order valence-electron chi connectivity index (χ2n) is 4.92. The van der Waals surface area contributed by atoms with Crippen LogP contribution in [0.5, 0.6) is 5.75 Å². The molecule has 1 saturated heterocycles. The number of benzene rings is 1. The maximum atomic E-state index is 5.98. The number of anilines is 1. The minimum absolute atomic E-state index is 0.227. The smallest absolute Gasteiger partial charge is 0.230 e. The molecule has 1 atom stereocenters. The Morgan fingerprint density at radius 1 is 1.35 bits per heavy atom. The molecular weight excluding hydrogens is 256 g/mol. The van der Waals surface area contributed by atoms with Gasteiger partial charge in [-0.2, -0.15) is 0 Å². The van der Waals surface area contributed by atoms with E-state index in [1.807, 2.05) is 24.3 Å². The fourth-order valence-corrected chi connectivity index (χ4v) is 2.67. The zero-order valence-electron chi connectivity index (χ0n) is 11.5. The summed E-state index contributed by atoms with van der Waals surface area (Å²) >= 11 is 0. The van der Waals surface area contributed by atoms with Crippen molar-refractivity contribution in [3.63, 3.8) is 0 Å². The number of hydrogen-bond donors (Lipinski definition) is 1. The van der Waals surface area contributed by atoms with Crippen LogP contribution in [0.1, 0.15) is 24.5 Å². The van der Waals surface area contributed by atoms with E-state index < -0.39 is 0 Å². The van der Waals surface area contributed by atoms with Crippen LogP contribution in [0.2, 0.25) is 0 Å². The minimum atomic E-state index is 0.227. The van der Waals surface area contributed by atoms with Gasteiger partial charge in [0.25, 0.3) is 0 Å². The highest BCUT2D eigenvalue weighted by Gasteiger charge is 2.27. The van der Waals surface area contributed by atoms with Gasteiger partial charge in [0.15, 0.2) is 0 Å². The predicted octanol–water partition coefficient (Wildman–Crippen LogP) is 2.83. The van der Waals surface area contributed by atoms with Crippen molar-refractivity contribution < 1.29 is 14.0 Å². The highest BCUT2D eigenvalue weighted by molar-refractivity contribution is 5.80. The van der Waals surface area contributed by atoms with E-state index in [0.29, 0.717) is 12.5 Å². The second kappa shape index (κ2) is 5.54. The molecule has 20 heavy (non-hydrogen) atoms. The van der Waals surface area contributed by atoms with Crippen molar-refractivity contribution in [3.05, 3.63) is 30.0 Å². The summed E-state index contributed by atoms with van der Waals surface area (Å²) in [6, 6.07) is 7.75. The molecule has 0 radical (unpaired) electrons. The number of ether oxygens (including phenoxy) is 2. The quantitative estimate of drug-likeness (QED) is 0.931. The van der Waals surface area contributed by atoms with E-state index in [1.54, 1.807) is 7.11 Å². The minimum Gasteiger partial charge on any atom is -0.496 e. The molecule has 1 fully saturated rings. The zero-order chi connectivity index (χ0) is 13.9. The number of nitrogen functional groups attached to an aromatic ring is 1. The van der Waals surface area contributed by atoms with Gasteiger partial charge in [-0.05, 0) is 18.9 Å². The molecule has 3 rings (SSSR count). The monoisotopic (exact) mass is 274 g/mol. The third-order valence-electron chi connectivity index (χ3n) is 3.67. The van der Waals surface area contributed by atoms with Gasteiger partial charge >= 0.3 is 0 Å². The van der Waals surface area contributed by atoms with E-state index in [9.17, 15) is 0 Å². The van der Waals surface area contributed by atoms with Crippen LogP contribution in [0, 0.1) is 0 Å². The Labute approximate surface area is 117 Å². The largest absolute Gasteiger partial charge is 0.496 e. The van der Waals surface area contributed by atoms with Gasteiger partial charge in [-0.25, -0.2) is 0 Å². The van der Waals surface area contributed by atoms with E-state index in [4.69, 9.17) is 19.7 Å². The molecule has 0 bridgehead atoms. The Kier molecular flexibility index (Phi) is 3.60. The van der Waals surface area contributed by atoms with Gasteiger partial charge in [0.2, 0.25) is 5.88 Å². The lowest BCUT2D eigenvalue weighted by Crippen LogP contribution is -2.16. The van der Waals surface area contributed by atoms with Crippen molar-refractivity contribution in [2.75, 3.05) is 26.1 Å². The molecule has 2 heterocycles. The SMILES string of the molecule is COc1ccccc1-c1c(C2CCCOC2)noc1N. The molecule has 0 spiro atoms. The summed E-state index contributed by atoms with van der Waals surface area (Å²) in [5.41, 5.74) is 8.59. The standard InChI is InChI=1S/C15H18N2O3/c1-18-12-7-3-2-6-11(12)13-14(17-20-15(13)16)10-5-4-8-19-9-10/h2-3,6-7,10H,4-5,8-9,16H2,1H3. The van der Waals surface area contributed by atoms with Gasteiger partial charge in [0, 0.05) is 18.1 Å². The molecule has 1 aliphatic heterocycles. The first-order valence-electron chi connectivity index (χ1n) is 6.77. The molecule has 106 valence electrons. The molecular formula is C15H18N2O3. The average molecular weight is 274 g/mol. The lowest BCUT2D eigenvalue weighted by Gasteiger charge is -2.21. The average Bonchev–Trinajstić information content (AvgIpc) is 2.89. The fourth-order valence-electron chi connectivity index (χ4n) is 2.67. The van der Waals surface area contributed by atoms with Crippen LogP contribution >= 0.6 is 0 Å². The lowest BCUT2D eigenvalue weighted by molar-refractivity contribution is 0.0785. The summed E-state index contributed by atoms with van der Waals surface area (Å²) in [6.07, 6.45) is 2.07. The third-order valence-corrected chi connectivity index (χ3v) is 3.67. The first-order valence-corrected chi connectivity index (χ1v) is 6.77. The summed E-state index contributed by atoms with van der Waals surface area (Å²) in [6.45, 7) is 1.47. The highest BCUT2D eigenvalue weighted by atomic mass is 16.5. The number of para-hydroxylation sites is 1. The Morgan fingerprint density at radius 3 is 2.95 bits per heavy atom. The van der Waals surface area contributed by atoms with Crippen molar-refractivity contribution in [1.29, 1.82) is 0 Å². The summed E-state index contributed by atoms with van der Waals surface area (Å²) in [7, 11) is 1.64. The summed E-state index contributed by atoms with van der Waals surface area (Å²) in [5.74, 6) is 1.32. The third kappa shape index (κ3) is 2.25. The van der Waals surface area contributed by atoms with Crippen molar-refractivity contribution in [1.82, 2.24) is 5.16 Å². The molecule has 1 aromatic carbocycles. The van der Waals surface area contributed by atoms with Gasteiger partial charge in [-0.1, -0.05) is 23.4 Å². The molecule has 2 N–H and O–H groups in total. The number of methoxy groups -OCH3 is 1. The van der Waals surface area contributed by atoms with Crippen molar-refractivity contribution in [2.24, 2.45) is 0 Å². The van der Waals surface area contributed by atoms with Crippen LogP contribution in [-0.4, -0.2) is 25.5 Å².